The van der Waals surface area contributed by atoms with Gasteiger partial charge in [-0.05, 0) is 12.3 Å². The van der Waals surface area contributed by atoms with Crippen LogP contribution in [0.2, 0.25) is 0 Å². The number of amides is 1. The Labute approximate surface area is 103 Å². The predicted molar refractivity (Wildman–Crippen MR) is 66.8 cm³/mol. The number of carbonyl (C=O) groups is 2. The molecule has 0 spiro atoms. The number of aromatic carboxylic acids is 1. The first kappa shape index (κ1) is 11.9. The summed E-state index contributed by atoms with van der Waals surface area (Å²) in [5.74, 6) is -0.698. The van der Waals surface area contributed by atoms with Crippen molar-refractivity contribution in [3.8, 4) is 0 Å². The molecule has 0 saturated carbocycles. The normalized spacial score (nSPS) is 18.5. The maximum atomic E-state index is 11.8. The smallest absolute Gasteiger partial charge is 0.348 e. The Kier molecular flexibility index (Phi) is 3.06. The fourth-order valence-corrected chi connectivity index (χ4v) is 2.65. The number of anilines is 2. The summed E-state index contributed by atoms with van der Waals surface area (Å²) in [6.07, 6.45) is 0.681. The van der Waals surface area contributed by atoms with E-state index in [-0.39, 0.29) is 16.8 Å². The van der Waals surface area contributed by atoms with Gasteiger partial charge < -0.3 is 15.7 Å². The van der Waals surface area contributed by atoms with Gasteiger partial charge in [0.2, 0.25) is 5.91 Å². The second kappa shape index (κ2) is 4.37. The molecule has 0 radical (unpaired) electrons. The Morgan fingerprint density at radius 3 is 2.88 bits per heavy atom. The minimum absolute atomic E-state index is 0.0964. The Hall–Kier alpha value is -1.56. The van der Waals surface area contributed by atoms with Gasteiger partial charge in [0.15, 0.2) is 0 Å². The molecule has 0 bridgehead atoms. The number of hydrogen-bond donors (Lipinski definition) is 3. The SMILES string of the molecule is CC(C)C[C@H]1Nc2c(csc2C(=O)O)NC1=O. The second-order valence-electron chi connectivity index (χ2n) is 4.47. The lowest BCUT2D eigenvalue weighted by Gasteiger charge is -2.26. The van der Waals surface area contributed by atoms with Gasteiger partial charge in [-0.25, -0.2) is 4.79 Å². The topological polar surface area (TPSA) is 78.4 Å². The zero-order valence-corrected chi connectivity index (χ0v) is 10.4. The number of nitrogens with one attached hydrogen (secondary N) is 2. The molecule has 2 heterocycles. The van der Waals surface area contributed by atoms with E-state index in [1.807, 2.05) is 13.8 Å². The van der Waals surface area contributed by atoms with Gasteiger partial charge >= 0.3 is 5.97 Å². The van der Waals surface area contributed by atoms with Crippen molar-refractivity contribution in [1.29, 1.82) is 0 Å². The van der Waals surface area contributed by atoms with E-state index in [2.05, 4.69) is 10.6 Å². The monoisotopic (exact) mass is 254 g/mol. The third kappa shape index (κ3) is 2.26. The van der Waals surface area contributed by atoms with Crippen LogP contribution in [0, 0.1) is 5.92 Å². The third-order valence-electron chi connectivity index (χ3n) is 2.59. The minimum atomic E-state index is -0.969. The highest BCUT2D eigenvalue weighted by atomic mass is 32.1. The largest absolute Gasteiger partial charge is 0.477 e. The molecule has 17 heavy (non-hydrogen) atoms. The average Bonchev–Trinajstić information content (AvgIpc) is 2.60. The van der Waals surface area contributed by atoms with Crippen LogP contribution < -0.4 is 10.6 Å². The summed E-state index contributed by atoms with van der Waals surface area (Å²) < 4.78 is 0. The maximum absolute atomic E-state index is 11.8. The lowest BCUT2D eigenvalue weighted by atomic mass is 10.0. The van der Waals surface area contributed by atoms with E-state index < -0.39 is 5.97 Å². The Balaban J connectivity index is 2.28. The van der Waals surface area contributed by atoms with E-state index in [4.69, 9.17) is 5.11 Å². The van der Waals surface area contributed by atoms with Crippen molar-refractivity contribution in [2.75, 3.05) is 10.6 Å². The Bertz CT molecular complexity index is 467. The highest BCUT2D eigenvalue weighted by Gasteiger charge is 2.30. The number of hydrogen-bond acceptors (Lipinski definition) is 4. The number of carbonyl (C=O) groups excluding carboxylic acids is 1. The molecule has 6 heteroatoms. The quantitative estimate of drug-likeness (QED) is 0.773. The van der Waals surface area contributed by atoms with Gasteiger partial charge in [0.25, 0.3) is 0 Å². The number of carboxylic acids is 1. The number of carboxylic acid groups (broad SMARTS) is 1. The zero-order valence-electron chi connectivity index (χ0n) is 9.61. The third-order valence-corrected chi connectivity index (χ3v) is 3.55. The zero-order chi connectivity index (χ0) is 12.6. The van der Waals surface area contributed by atoms with Crippen molar-refractivity contribution in [1.82, 2.24) is 0 Å². The van der Waals surface area contributed by atoms with Crippen LogP contribution in [0.3, 0.4) is 0 Å². The van der Waals surface area contributed by atoms with Crippen LogP contribution in [0.4, 0.5) is 11.4 Å². The van der Waals surface area contributed by atoms with Crippen molar-refractivity contribution >= 4 is 34.6 Å². The molecule has 1 atom stereocenters. The van der Waals surface area contributed by atoms with Gasteiger partial charge in [0, 0.05) is 5.38 Å². The molecule has 1 aromatic heterocycles. The lowest BCUT2D eigenvalue weighted by Crippen LogP contribution is -2.39. The first-order valence-electron chi connectivity index (χ1n) is 5.41. The highest BCUT2D eigenvalue weighted by Crippen LogP contribution is 2.36. The van der Waals surface area contributed by atoms with E-state index in [1.54, 1.807) is 5.38 Å². The summed E-state index contributed by atoms with van der Waals surface area (Å²) in [6.45, 7) is 4.05. The summed E-state index contributed by atoms with van der Waals surface area (Å²) in [6, 6.07) is -0.352. The van der Waals surface area contributed by atoms with Crippen molar-refractivity contribution in [3.05, 3.63) is 10.3 Å². The van der Waals surface area contributed by atoms with Crippen LogP contribution in [0.1, 0.15) is 29.9 Å². The Morgan fingerprint density at radius 1 is 1.59 bits per heavy atom. The summed E-state index contributed by atoms with van der Waals surface area (Å²) in [5.41, 5.74) is 1.10. The molecule has 2 rings (SSSR count). The minimum Gasteiger partial charge on any atom is -0.477 e. The van der Waals surface area contributed by atoms with Crippen LogP contribution in [0.25, 0.3) is 0 Å². The highest BCUT2D eigenvalue weighted by molar-refractivity contribution is 7.13. The van der Waals surface area contributed by atoms with Crippen molar-refractivity contribution in [2.45, 2.75) is 26.3 Å². The van der Waals surface area contributed by atoms with Gasteiger partial charge in [-0.15, -0.1) is 11.3 Å². The fraction of sp³-hybridized carbons (Fsp3) is 0.455. The summed E-state index contributed by atoms with van der Waals surface area (Å²) in [7, 11) is 0. The first-order valence-corrected chi connectivity index (χ1v) is 6.29. The molecular formula is C11H14N2O3S. The predicted octanol–water partition coefficient (Wildman–Crippen LogP) is 2.22. The summed E-state index contributed by atoms with van der Waals surface area (Å²) >= 11 is 1.12. The van der Waals surface area contributed by atoms with Gasteiger partial charge in [-0.3, -0.25) is 4.79 Å². The first-order chi connectivity index (χ1) is 7.99. The fourth-order valence-electron chi connectivity index (χ4n) is 1.85. The average molecular weight is 254 g/mol. The molecule has 0 fully saturated rings. The molecule has 3 N–H and O–H groups in total. The molecular weight excluding hydrogens is 240 g/mol. The molecule has 5 nitrogen and oxygen atoms in total. The van der Waals surface area contributed by atoms with Gasteiger partial charge in [0.1, 0.15) is 10.9 Å². The standard InChI is InChI=1S/C11H14N2O3S/c1-5(2)3-6-10(14)13-7-4-17-9(11(15)16)8(7)12-6/h4-6,12H,3H2,1-2H3,(H,13,14)(H,15,16)/t6-/m1/s1. The van der Waals surface area contributed by atoms with Crippen LogP contribution >= 0.6 is 11.3 Å². The summed E-state index contributed by atoms with van der Waals surface area (Å²) in [5, 5.41) is 16.4. The number of rotatable bonds is 3. The van der Waals surface area contributed by atoms with E-state index in [1.165, 1.54) is 0 Å². The van der Waals surface area contributed by atoms with Crippen molar-refractivity contribution < 1.29 is 14.7 Å². The van der Waals surface area contributed by atoms with Crippen LogP contribution in [0.5, 0.6) is 0 Å². The number of thiophene rings is 1. The molecule has 1 aliphatic heterocycles. The van der Waals surface area contributed by atoms with Gasteiger partial charge in [0.05, 0.1) is 11.4 Å². The van der Waals surface area contributed by atoms with Crippen LogP contribution in [-0.4, -0.2) is 23.0 Å². The number of fused-ring (bicyclic) bond motifs is 1. The molecule has 0 unspecified atom stereocenters. The molecule has 1 aliphatic rings. The maximum Gasteiger partial charge on any atom is 0.348 e. The second-order valence-corrected chi connectivity index (χ2v) is 5.35. The van der Waals surface area contributed by atoms with Crippen LogP contribution in [-0.2, 0) is 4.79 Å². The van der Waals surface area contributed by atoms with Gasteiger partial charge in [-0.1, -0.05) is 13.8 Å². The molecule has 1 aromatic rings. The van der Waals surface area contributed by atoms with Crippen LogP contribution in [0.15, 0.2) is 5.38 Å². The van der Waals surface area contributed by atoms with Crippen molar-refractivity contribution in [3.63, 3.8) is 0 Å². The van der Waals surface area contributed by atoms with E-state index in [0.29, 0.717) is 23.7 Å². The molecule has 0 saturated heterocycles. The Morgan fingerprint density at radius 2 is 2.29 bits per heavy atom. The van der Waals surface area contributed by atoms with E-state index in [9.17, 15) is 9.59 Å². The molecule has 0 aliphatic carbocycles. The van der Waals surface area contributed by atoms with E-state index in [0.717, 1.165) is 11.3 Å². The lowest BCUT2D eigenvalue weighted by molar-refractivity contribution is -0.117. The van der Waals surface area contributed by atoms with Crippen molar-refractivity contribution in [2.24, 2.45) is 5.92 Å². The molecule has 1 amide bonds. The molecule has 0 aromatic carbocycles. The molecule has 92 valence electrons. The summed E-state index contributed by atoms with van der Waals surface area (Å²) in [4.78, 5) is 23.0. The van der Waals surface area contributed by atoms with Gasteiger partial charge in [-0.2, -0.15) is 0 Å². The van der Waals surface area contributed by atoms with E-state index >= 15 is 0 Å².